The van der Waals surface area contributed by atoms with Gasteiger partial charge in [-0.1, -0.05) is 140 Å². The van der Waals surface area contributed by atoms with E-state index in [4.69, 9.17) is 23.8 Å². The average molecular weight is 705 g/mol. The van der Waals surface area contributed by atoms with Crippen LogP contribution in [0.3, 0.4) is 0 Å². The molecule has 0 N–H and O–H groups in total. The molecule has 12 rings (SSSR count). The summed E-state index contributed by atoms with van der Waals surface area (Å²) < 4.78 is 15.3. The first kappa shape index (κ1) is 29.9. The number of rotatable bonds is 4. The molecular formula is C49H28N4O2. The smallest absolute Gasteiger partial charge is 0.238 e. The van der Waals surface area contributed by atoms with Gasteiger partial charge in [-0.2, -0.15) is 9.97 Å². The summed E-state index contributed by atoms with van der Waals surface area (Å²) in [5.41, 5.74) is 9.10. The van der Waals surface area contributed by atoms with Crippen molar-refractivity contribution in [2.24, 2.45) is 0 Å². The molecule has 0 saturated heterocycles. The van der Waals surface area contributed by atoms with Gasteiger partial charge in [0, 0.05) is 54.6 Å². The van der Waals surface area contributed by atoms with Crippen molar-refractivity contribution >= 4 is 76.5 Å². The van der Waals surface area contributed by atoms with Gasteiger partial charge in [0.2, 0.25) is 5.95 Å². The molecular weight excluding hydrogens is 677 g/mol. The van der Waals surface area contributed by atoms with Crippen LogP contribution in [0.2, 0.25) is 0 Å². The fraction of sp³-hybridized carbons (Fsp3) is 0. The number of aromatic nitrogens is 4. The number of furan rings is 2. The Bertz CT molecular complexity index is 3500. The van der Waals surface area contributed by atoms with Crippen LogP contribution in [0.4, 0.5) is 0 Å². The van der Waals surface area contributed by atoms with Crippen LogP contribution >= 0.6 is 0 Å². The van der Waals surface area contributed by atoms with Crippen molar-refractivity contribution in [3.8, 4) is 39.9 Å². The van der Waals surface area contributed by atoms with Gasteiger partial charge in [0.15, 0.2) is 11.6 Å². The molecule has 0 radical (unpaired) electrons. The highest BCUT2D eigenvalue weighted by Crippen LogP contribution is 2.43. The third-order valence-corrected chi connectivity index (χ3v) is 10.9. The molecule has 0 spiro atoms. The Hall–Kier alpha value is -7.57. The molecule has 256 valence electrons. The molecule has 4 heterocycles. The zero-order chi connectivity index (χ0) is 36.0. The van der Waals surface area contributed by atoms with E-state index in [0.717, 1.165) is 87.9 Å². The van der Waals surface area contributed by atoms with Gasteiger partial charge in [0.1, 0.15) is 22.3 Å². The van der Waals surface area contributed by atoms with Crippen molar-refractivity contribution in [1.29, 1.82) is 0 Å². The number of fused-ring (bicyclic) bond motifs is 11. The average Bonchev–Trinajstić information content (AvgIpc) is 3.93. The van der Waals surface area contributed by atoms with Gasteiger partial charge in [-0.3, -0.25) is 4.57 Å². The molecule has 0 bridgehead atoms. The summed E-state index contributed by atoms with van der Waals surface area (Å²) in [6.07, 6.45) is 0. The summed E-state index contributed by atoms with van der Waals surface area (Å²) in [5, 5.41) is 8.90. The second-order valence-electron chi connectivity index (χ2n) is 14.0. The van der Waals surface area contributed by atoms with Gasteiger partial charge < -0.3 is 8.83 Å². The number of benzene rings is 8. The van der Waals surface area contributed by atoms with Crippen LogP contribution < -0.4 is 0 Å². The fourth-order valence-electron chi connectivity index (χ4n) is 8.40. The van der Waals surface area contributed by atoms with Gasteiger partial charge in [0.25, 0.3) is 0 Å². The van der Waals surface area contributed by atoms with Crippen LogP contribution in [0.5, 0.6) is 0 Å². The normalized spacial score (nSPS) is 12.0. The molecule has 6 nitrogen and oxygen atoms in total. The zero-order valence-electron chi connectivity index (χ0n) is 29.3. The first-order valence-corrected chi connectivity index (χ1v) is 18.4. The van der Waals surface area contributed by atoms with Gasteiger partial charge in [0.05, 0.1) is 11.0 Å². The summed E-state index contributed by atoms with van der Waals surface area (Å²) in [6.45, 7) is 0. The summed E-state index contributed by atoms with van der Waals surface area (Å²) >= 11 is 0. The monoisotopic (exact) mass is 704 g/mol. The van der Waals surface area contributed by atoms with E-state index in [1.54, 1.807) is 0 Å². The van der Waals surface area contributed by atoms with Crippen LogP contribution in [-0.4, -0.2) is 19.5 Å². The van der Waals surface area contributed by atoms with Crippen molar-refractivity contribution in [2.45, 2.75) is 0 Å². The van der Waals surface area contributed by atoms with Gasteiger partial charge in [-0.15, -0.1) is 0 Å². The maximum absolute atomic E-state index is 6.77. The lowest BCUT2D eigenvalue weighted by molar-refractivity contribution is 0.669. The summed E-state index contributed by atoms with van der Waals surface area (Å²) in [6, 6.07) is 58.5. The van der Waals surface area contributed by atoms with Crippen LogP contribution in [0.25, 0.3) is 116 Å². The van der Waals surface area contributed by atoms with E-state index in [2.05, 4.69) is 120 Å². The van der Waals surface area contributed by atoms with Crippen LogP contribution in [-0.2, 0) is 0 Å². The van der Waals surface area contributed by atoms with Crippen molar-refractivity contribution < 1.29 is 8.83 Å². The highest BCUT2D eigenvalue weighted by atomic mass is 16.3. The van der Waals surface area contributed by atoms with E-state index in [1.807, 2.05) is 54.6 Å². The van der Waals surface area contributed by atoms with Crippen LogP contribution in [0.15, 0.2) is 179 Å². The van der Waals surface area contributed by atoms with Crippen molar-refractivity contribution in [2.75, 3.05) is 0 Å². The third-order valence-electron chi connectivity index (χ3n) is 10.9. The predicted molar refractivity (Wildman–Crippen MR) is 223 cm³/mol. The lowest BCUT2D eigenvalue weighted by Gasteiger charge is -2.13. The lowest BCUT2D eigenvalue weighted by atomic mass is 9.98. The lowest BCUT2D eigenvalue weighted by Crippen LogP contribution is -2.07. The van der Waals surface area contributed by atoms with Gasteiger partial charge in [-0.05, 0) is 41.1 Å². The first-order valence-electron chi connectivity index (χ1n) is 18.4. The van der Waals surface area contributed by atoms with Gasteiger partial charge >= 0.3 is 0 Å². The van der Waals surface area contributed by atoms with Crippen molar-refractivity contribution in [3.05, 3.63) is 170 Å². The molecule has 8 aromatic carbocycles. The van der Waals surface area contributed by atoms with Crippen molar-refractivity contribution in [1.82, 2.24) is 19.5 Å². The molecule has 0 saturated carbocycles. The number of hydrogen-bond donors (Lipinski definition) is 0. The molecule has 0 aliphatic rings. The minimum absolute atomic E-state index is 0.523. The van der Waals surface area contributed by atoms with E-state index in [-0.39, 0.29) is 0 Å². The zero-order valence-corrected chi connectivity index (χ0v) is 29.3. The molecule has 0 fully saturated rings. The Morgan fingerprint density at radius 1 is 0.400 bits per heavy atom. The van der Waals surface area contributed by atoms with E-state index in [0.29, 0.717) is 17.6 Å². The molecule has 0 aliphatic carbocycles. The maximum Gasteiger partial charge on any atom is 0.238 e. The molecule has 6 heteroatoms. The Morgan fingerprint density at radius 3 is 1.98 bits per heavy atom. The second-order valence-corrected chi connectivity index (χ2v) is 14.0. The minimum atomic E-state index is 0.523. The Labute approximate surface area is 313 Å². The predicted octanol–water partition coefficient (Wildman–Crippen LogP) is 12.9. The van der Waals surface area contributed by atoms with E-state index in [9.17, 15) is 0 Å². The van der Waals surface area contributed by atoms with Gasteiger partial charge in [-0.25, -0.2) is 4.98 Å². The van der Waals surface area contributed by atoms with E-state index < -0.39 is 0 Å². The topological polar surface area (TPSA) is 69.9 Å². The molecule has 4 aromatic heterocycles. The highest BCUT2D eigenvalue weighted by molar-refractivity contribution is 6.22. The summed E-state index contributed by atoms with van der Waals surface area (Å²) in [7, 11) is 0. The van der Waals surface area contributed by atoms with Crippen LogP contribution in [0, 0.1) is 0 Å². The molecule has 12 aromatic rings. The Balaban J connectivity index is 1.15. The molecule has 0 aliphatic heterocycles. The Kier molecular flexibility index (Phi) is 6.24. The van der Waals surface area contributed by atoms with Crippen molar-refractivity contribution in [3.63, 3.8) is 0 Å². The SMILES string of the molecule is c1ccc(-c2nc(-c3ccc4c(c3)oc3ccccc34)nc(-n3c4ccccc4c4cccc(-c5cccc6c5oc5ccc7ccccc7c56)c43)n2)cc1. The number of hydrogen-bond acceptors (Lipinski definition) is 5. The number of para-hydroxylation sites is 4. The standard InChI is InChI=1S/C49H28N4O2/c1-2-13-30(14-3-1)47-50-48(31-24-26-35-34-17-7-9-23-41(34)54-43(35)28-31)52-49(51-47)53-40-22-8-6-16-33(40)36-18-10-19-37(45(36)53)38-20-11-21-39-44-32-15-5-4-12-29(32)25-27-42(44)55-46(38)39/h1-28H. The summed E-state index contributed by atoms with van der Waals surface area (Å²) in [5.74, 6) is 1.66. The molecule has 0 unspecified atom stereocenters. The second kappa shape index (κ2) is 11.5. The minimum Gasteiger partial charge on any atom is -0.456 e. The summed E-state index contributed by atoms with van der Waals surface area (Å²) in [4.78, 5) is 15.6. The first-order chi connectivity index (χ1) is 27.3. The largest absolute Gasteiger partial charge is 0.456 e. The highest BCUT2D eigenvalue weighted by Gasteiger charge is 2.23. The molecule has 0 amide bonds. The Morgan fingerprint density at radius 2 is 1.09 bits per heavy atom. The number of nitrogens with zero attached hydrogens (tertiary/aromatic N) is 4. The molecule has 0 atom stereocenters. The maximum atomic E-state index is 6.77. The van der Waals surface area contributed by atoms with Crippen LogP contribution in [0.1, 0.15) is 0 Å². The third kappa shape index (κ3) is 4.46. The van der Waals surface area contributed by atoms with E-state index >= 15 is 0 Å². The fourth-order valence-corrected chi connectivity index (χ4v) is 8.40. The quantitative estimate of drug-likeness (QED) is 0.182. The molecule has 55 heavy (non-hydrogen) atoms. The van der Waals surface area contributed by atoms with E-state index in [1.165, 1.54) is 10.8 Å².